The molecule has 5 nitrogen and oxygen atoms in total. The molecule has 0 saturated heterocycles. The van der Waals surface area contributed by atoms with Crippen LogP contribution in [0.5, 0.6) is 0 Å². The van der Waals surface area contributed by atoms with Gasteiger partial charge in [0.2, 0.25) is 0 Å². The van der Waals surface area contributed by atoms with Gasteiger partial charge in [0.15, 0.2) is 6.10 Å². The van der Waals surface area contributed by atoms with Crippen molar-refractivity contribution in [3.63, 3.8) is 0 Å². The zero-order chi connectivity index (χ0) is 19.4. The Balaban J connectivity index is 1.70. The number of hydrogen-bond acceptors (Lipinski definition) is 5. The molecule has 1 heterocycles. The van der Waals surface area contributed by atoms with Gasteiger partial charge in [-0.05, 0) is 44.0 Å². The number of anilines is 1. The highest BCUT2D eigenvalue weighted by Gasteiger charge is 2.30. The number of amides is 1. The molecule has 0 bridgehead atoms. The number of para-hydroxylation sites is 1. The normalized spacial score (nSPS) is 13.8. The quantitative estimate of drug-likeness (QED) is 0.564. The van der Waals surface area contributed by atoms with E-state index in [4.69, 9.17) is 4.74 Å². The van der Waals surface area contributed by atoms with Crippen LogP contribution in [-0.4, -0.2) is 36.1 Å². The molecule has 140 valence electrons. The molecule has 1 amide bonds. The first-order valence-corrected chi connectivity index (χ1v) is 9.77. The molecule has 27 heavy (non-hydrogen) atoms. The van der Waals surface area contributed by atoms with Gasteiger partial charge in [0.05, 0.1) is 11.3 Å². The average Bonchev–Trinajstić information content (AvgIpc) is 3.10. The molecule has 0 aliphatic carbocycles. The van der Waals surface area contributed by atoms with Crippen molar-refractivity contribution in [2.45, 2.75) is 31.3 Å². The van der Waals surface area contributed by atoms with Crippen LogP contribution in [0, 0.1) is 0 Å². The van der Waals surface area contributed by atoms with E-state index >= 15 is 0 Å². The number of ketones is 1. The standard InChI is InChI=1S/C21H21NO4S/c1-14(23)13-27-19-10-6-4-8-17(19)21(25)26-15(2)20(24)22-12-11-16-7-3-5-9-18(16)22/h3-10,15H,11-13H2,1-2H3/t15-/m1/s1. The number of nitrogens with zero attached hydrogens (tertiary/aromatic N) is 1. The van der Waals surface area contributed by atoms with E-state index in [2.05, 4.69) is 0 Å². The van der Waals surface area contributed by atoms with Crippen LogP contribution < -0.4 is 4.90 Å². The van der Waals surface area contributed by atoms with Crippen molar-refractivity contribution in [1.82, 2.24) is 0 Å². The fraction of sp³-hybridized carbons (Fsp3) is 0.286. The van der Waals surface area contributed by atoms with Gasteiger partial charge in [-0.2, -0.15) is 0 Å². The third-order valence-electron chi connectivity index (χ3n) is 4.32. The summed E-state index contributed by atoms with van der Waals surface area (Å²) in [5.74, 6) is -0.486. The van der Waals surface area contributed by atoms with E-state index in [-0.39, 0.29) is 17.4 Å². The van der Waals surface area contributed by atoms with E-state index < -0.39 is 12.1 Å². The van der Waals surface area contributed by atoms with Crippen molar-refractivity contribution in [2.75, 3.05) is 17.2 Å². The highest BCUT2D eigenvalue weighted by Crippen LogP contribution is 2.29. The summed E-state index contributed by atoms with van der Waals surface area (Å²) in [6, 6.07) is 14.7. The molecule has 1 atom stereocenters. The number of benzene rings is 2. The highest BCUT2D eigenvalue weighted by atomic mass is 32.2. The van der Waals surface area contributed by atoms with Crippen LogP contribution >= 0.6 is 11.8 Å². The minimum atomic E-state index is -0.894. The molecule has 0 N–H and O–H groups in total. The first-order valence-electron chi connectivity index (χ1n) is 8.79. The van der Waals surface area contributed by atoms with Gasteiger partial charge in [-0.15, -0.1) is 11.8 Å². The first-order chi connectivity index (χ1) is 13.0. The van der Waals surface area contributed by atoms with Gasteiger partial charge in [0, 0.05) is 17.1 Å². The summed E-state index contributed by atoms with van der Waals surface area (Å²) in [5.41, 5.74) is 2.36. The Labute approximate surface area is 162 Å². The van der Waals surface area contributed by atoms with E-state index in [1.807, 2.05) is 24.3 Å². The van der Waals surface area contributed by atoms with E-state index in [9.17, 15) is 14.4 Å². The molecule has 0 fully saturated rings. The van der Waals surface area contributed by atoms with Crippen molar-refractivity contribution in [2.24, 2.45) is 0 Å². The zero-order valence-electron chi connectivity index (χ0n) is 15.3. The van der Waals surface area contributed by atoms with E-state index in [1.54, 1.807) is 36.1 Å². The first kappa shape index (κ1) is 19.2. The lowest BCUT2D eigenvalue weighted by molar-refractivity contribution is -0.126. The van der Waals surface area contributed by atoms with E-state index in [0.29, 0.717) is 17.0 Å². The van der Waals surface area contributed by atoms with Gasteiger partial charge in [0.1, 0.15) is 5.78 Å². The van der Waals surface area contributed by atoms with Crippen LogP contribution in [0.1, 0.15) is 29.8 Å². The van der Waals surface area contributed by atoms with Crippen molar-refractivity contribution >= 4 is 35.1 Å². The fourth-order valence-electron chi connectivity index (χ4n) is 3.00. The minimum Gasteiger partial charge on any atom is -0.449 e. The molecule has 3 rings (SSSR count). The number of carbonyl (C=O) groups excluding carboxylic acids is 3. The van der Waals surface area contributed by atoms with Crippen molar-refractivity contribution in [1.29, 1.82) is 0 Å². The molecular weight excluding hydrogens is 362 g/mol. The topological polar surface area (TPSA) is 63.7 Å². The zero-order valence-corrected chi connectivity index (χ0v) is 16.1. The summed E-state index contributed by atoms with van der Waals surface area (Å²) >= 11 is 1.29. The number of Topliss-reactive ketones (excluding diaryl/α,β-unsaturated/α-hetero) is 1. The lowest BCUT2D eigenvalue weighted by atomic mass is 10.2. The second-order valence-electron chi connectivity index (χ2n) is 6.40. The Hall–Kier alpha value is -2.60. The van der Waals surface area contributed by atoms with Crippen molar-refractivity contribution < 1.29 is 19.1 Å². The third kappa shape index (κ3) is 4.39. The van der Waals surface area contributed by atoms with Gasteiger partial charge in [-0.3, -0.25) is 9.59 Å². The maximum absolute atomic E-state index is 12.8. The van der Waals surface area contributed by atoms with Crippen molar-refractivity contribution in [3.05, 3.63) is 59.7 Å². The maximum atomic E-state index is 12.8. The lowest BCUT2D eigenvalue weighted by Gasteiger charge is -2.22. The Morgan fingerprint density at radius 1 is 1.11 bits per heavy atom. The highest BCUT2D eigenvalue weighted by molar-refractivity contribution is 8.00. The number of carbonyl (C=O) groups is 3. The largest absolute Gasteiger partial charge is 0.449 e. The summed E-state index contributed by atoms with van der Waals surface area (Å²) in [6.45, 7) is 3.68. The Morgan fingerprint density at radius 3 is 2.59 bits per heavy atom. The number of thioether (sulfide) groups is 1. The monoisotopic (exact) mass is 383 g/mol. The second kappa shape index (κ2) is 8.39. The van der Waals surface area contributed by atoms with Crippen LogP contribution in [0.4, 0.5) is 5.69 Å². The fourth-order valence-corrected chi connectivity index (χ4v) is 3.84. The van der Waals surface area contributed by atoms with Crippen LogP contribution in [0.25, 0.3) is 0 Å². The summed E-state index contributed by atoms with van der Waals surface area (Å²) in [7, 11) is 0. The van der Waals surface area contributed by atoms with Gasteiger partial charge < -0.3 is 9.64 Å². The van der Waals surface area contributed by atoms with Crippen LogP contribution in [0.15, 0.2) is 53.4 Å². The summed E-state index contributed by atoms with van der Waals surface area (Å²) < 4.78 is 5.44. The predicted molar refractivity (Wildman–Crippen MR) is 105 cm³/mol. The number of hydrogen-bond donors (Lipinski definition) is 0. The molecule has 0 saturated carbocycles. The summed E-state index contributed by atoms with van der Waals surface area (Å²) in [4.78, 5) is 38.9. The lowest BCUT2D eigenvalue weighted by Crippen LogP contribution is -2.39. The smallest absolute Gasteiger partial charge is 0.340 e. The van der Waals surface area contributed by atoms with Gasteiger partial charge >= 0.3 is 5.97 Å². The molecule has 6 heteroatoms. The molecular formula is C21H21NO4S. The Morgan fingerprint density at radius 2 is 1.81 bits per heavy atom. The maximum Gasteiger partial charge on any atom is 0.340 e. The molecule has 1 aliphatic heterocycles. The Bertz CT molecular complexity index is 880. The number of rotatable bonds is 6. The SMILES string of the molecule is CC(=O)CSc1ccccc1C(=O)O[C@H](C)C(=O)N1CCc2ccccc21. The molecule has 1 aliphatic rings. The van der Waals surface area contributed by atoms with Gasteiger partial charge in [-0.25, -0.2) is 4.79 Å². The summed E-state index contributed by atoms with van der Waals surface area (Å²) in [5, 5.41) is 0. The second-order valence-corrected chi connectivity index (χ2v) is 7.42. The van der Waals surface area contributed by atoms with Gasteiger partial charge in [0.25, 0.3) is 5.91 Å². The average molecular weight is 383 g/mol. The molecule has 2 aromatic carbocycles. The Kier molecular flexibility index (Phi) is 5.96. The van der Waals surface area contributed by atoms with E-state index in [1.165, 1.54) is 18.7 Å². The molecule has 0 unspecified atom stereocenters. The van der Waals surface area contributed by atoms with Crippen LogP contribution in [0.2, 0.25) is 0 Å². The van der Waals surface area contributed by atoms with Gasteiger partial charge in [-0.1, -0.05) is 30.3 Å². The minimum absolute atomic E-state index is 0.0272. The molecule has 0 aromatic heterocycles. The summed E-state index contributed by atoms with van der Waals surface area (Å²) in [6.07, 6.45) is -0.0953. The van der Waals surface area contributed by atoms with Crippen LogP contribution in [-0.2, 0) is 20.7 Å². The number of ether oxygens (including phenoxy) is 1. The van der Waals surface area contributed by atoms with Crippen molar-refractivity contribution in [3.8, 4) is 0 Å². The number of fused-ring (bicyclic) bond motifs is 1. The third-order valence-corrected chi connectivity index (χ3v) is 5.54. The van der Waals surface area contributed by atoms with Crippen LogP contribution in [0.3, 0.4) is 0 Å². The molecule has 0 spiro atoms. The predicted octanol–water partition coefficient (Wildman–Crippen LogP) is 3.50. The number of esters is 1. The molecule has 0 radical (unpaired) electrons. The van der Waals surface area contributed by atoms with E-state index in [0.717, 1.165) is 17.7 Å². The molecule has 2 aromatic rings.